The molecule has 1 fully saturated rings. The minimum absolute atomic E-state index is 0.0279. The van der Waals surface area contributed by atoms with Crippen molar-refractivity contribution in [3.63, 3.8) is 0 Å². The highest BCUT2D eigenvalue weighted by Gasteiger charge is 2.38. The van der Waals surface area contributed by atoms with E-state index in [9.17, 15) is 18.8 Å². The van der Waals surface area contributed by atoms with Crippen LogP contribution in [0.15, 0.2) is 18.2 Å². The van der Waals surface area contributed by atoms with Crippen molar-refractivity contribution < 1.29 is 23.9 Å². The second-order valence-electron chi connectivity index (χ2n) is 6.81. The highest BCUT2D eigenvalue weighted by molar-refractivity contribution is 5.96. The van der Waals surface area contributed by atoms with E-state index in [1.165, 1.54) is 17.0 Å². The molecule has 1 aliphatic rings. The molecule has 0 bridgehead atoms. The van der Waals surface area contributed by atoms with Gasteiger partial charge in [0, 0.05) is 24.6 Å². The van der Waals surface area contributed by atoms with Crippen molar-refractivity contribution in [2.24, 2.45) is 11.8 Å². The minimum atomic E-state index is -0.933. The molecule has 2 rings (SSSR count). The third-order valence-electron chi connectivity index (χ3n) is 4.42. The van der Waals surface area contributed by atoms with Crippen molar-refractivity contribution in [2.45, 2.75) is 39.7 Å². The van der Waals surface area contributed by atoms with Crippen molar-refractivity contribution in [2.75, 3.05) is 11.9 Å². The second-order valence-corrected chi connectivity index (χ2v) is 6.81. The van der Waals surface area contributed by atoms with Gasteiger partial charge in [-0.3, -0.25) is 14.4 Å². The lowest BCUT2D eigenvalue weighted by atomic mass is 10.0. The highest BCUT2D eigenvalue weighted by atomic mass is 19.1. The van der Waals surface area contributed by atoms with Crippen molar-refractivity contribution in [1.82, 2.24) is 4.90 Å². The summed E-state index contributed by atoms with van der Waals surface area (Å²) in [5.74, 6) is -2.77. The Bertz CT molecular complexity index is 690. The van der Waals surface area contributed by atoms with Crippen LogP contribution in [0, 0.1) is 17.7 Å². The average Bonchev–Trinajstić information content (AvgIpc) is 2.89. The van der Waals surface area contributed by atoms with Gasteiger partial charge in [0.1, 0.15) is 5.82 Å². The molecule has 1 aromatic carbocycles. The fourth-order valence-electron chi connectivity index (χ4n) is 3.04. The summed E-state index contributed by atoms with van der Waals surface area (Å²) in [5, 5.41) is 11.6. The van der Waals surface area contributed by atoms with Gasteiger partial charge in [0.15, 0.2) is 0 Å². The van der Waals surface area contributed by atoms with Gasteiger partial charge in [0.2, 0.25) is 5.91 Å². The number of rotatable bonds is 5. The van der Waals surface area contributed by atoms with E-state index in [0.717, 1.165) is 6.07 Å². The fraction of sp³-hybridized carbons (Fsp3) is 0.500. The number of amides is 2. The number of carboxylic acid groups (broad SMARTS) is 1. The van der Waals surface area contributed by atoms with Crippen molar-refractivity contribution in [1.29, 1.82) is 0 Å². The topological polar surface area (TPSA) is 86.7 Å². The lowest BCUT2D eigenvalue weighted by Crippen LogP contribution is -2.37. The number of carboxylic acids is 1. The number of carbonyl (C=O) groups is 3. The monoisotopic (exact) mass is 350 g/mol. The van der Waals surface area contributed by atoms with Gasteiger partial charge in [-0.15, -0.1) is 0 Å². The second kappa shape index (κ2) is 7.63. The molecule has 0 spiro atoms. The van der Waals surface area contributed by atoms with E-state index in [1.807, 2.05) is 13.8 Å². The van der Waals surface area contributed by atoms with Crippen LogP contribution in [0.2, 0.25) is 0 Å². The van der Waals surface area contributed by atoms with Crippen molar-refractivity contribution in [3.05, 3.63) is 29.6 Å². The van der Waals surface area contributed by atoms with Gasteiger partial charge >= 0.3 is 5.97 Å². The van der Waals surface area contributed by atoms with Crippen LogP contribution in [0.5, 0.6) is 0 Å². The fourth-order valence-corrected chi connectivity index (χ4v) is 3.04. The summed E-state index contributed by atoms with van der Waals surface area (Å²) in [6.45, 7) is 5.78. The number of nitrogens with one attached hydrogen (secondary N) is 1. The number of nitrogens with zero attached hydrogens (tertiary/aromatic N) is 1. The van der Waals surface area contributed by atoms with Crippen LogP contribution in [-0.4, -0.2) is 40.4 Å². The number of halogens is 1. The van der Waals surface area contributed by atoms with Crippen LogP contribution in [0.1, 0.15) is 44.0 Å². The molecule has 25 heavy (non-hydrogen) atoms. The highest BCUT2D eigenvalue weighted by Crippen LogP contribution is 2.27. The Morgan fingerprint density at radius 3 is 2.56 bits per heavy atom. The van der Waals surface area contributed by atoms with Gasteiger partial charge in [-0.25, -0.2) is 4.39 Å². The van der Waals surface area contributed by atoms with Crippen LogP contribution in [-0.2, 0) is 9.59 Å². The van der Waals surface area contributed by atoms with E-state index < -0.39 is 29.7 Å². The quantitative estimate of drug-likeness (QED) is 0.855. The van der Waals surface area contributed by atoms with Crippen molar-refractivity contribution >= 4 is 23.5 Å². The SMILES string of the molecule is CC(C)CC(=O)Nc1ccc(C(=O)N2CCC(C(=O)O)C2C)cc1F. The standard InChI is InChI=1S/C18H23FN2O4/c1-10(2)8-16(22)20-15-5-4-12(9-14(15)19)17(23)21-7-6-13(11(21)3)18(24)25/h4-5,9-11,13H,6-8H2,1-3H3,(H,20,22)(H,24,25). The largest absolute Gasteiger partial charge is 0.481 e. The lowest BCUT2D eigenvalue weighted by molar-refractivity contribution is -0.142. The van der Waals surface area contributed by atoms with Crippen LogP contribution in [0.3, 0.4) is 0 Å². The Hall–Kier alpha value is -2.44. The van der Waals surface area contributed by atoms with Crippen LogP contribution >= 0.6 is 0 Å². The molecule has 136 valence electrons. The molecule has 2 amide bonds. The maximum Gasteiger partial charge on any atom is 0.308 e. The summed E-state index contributed by atoms with van der Waals surface area (Å²) < 4.78 is 14.2. The normalized spacial score (nSPS) is 20.0. The van der Waals surface area contributed by atoms with Crippen LogP contribution < -0.4 is 5.32 Å². The number of likely N-dealkylation sites (tertiary alicyclic amines) is 1. The van der Waals surface area contributed by atoms with E-state index in [4.69, 9.17) is 5.11 Å². The molecule has 0 radical (unpaired) electrons. The molecule has 2 N–H and O–H groups in total. The maximum atomic E-state index is 14.2. The summed E-state index contributed by atoms with van der Waals surface area (Å²) in [6.07, 6.45) is 0.663. The Kier molecular flexibility index (Phi) is 5.77. The molecule has 0 aromatic heterocycles. The summed E-state index contributed by atoms with van der Waals surface area (Å²) in [4.78, 5) is 36.9. The predicted molar refractivity (Wildman–Crippen MR) is 90.7 cm³/mol. The predicted octanol–water partition coefficient (Wildman–Crippen LogP) is 2.75. The van der Waals surface area contributed by atoms with Gasteiger partial charge in [-0.2, -0.15) is 0 Å². The van der Waals surface area contributed by atoms with E-state index in [1.54, 1.807) is 6.92 Å². The van der Waals surface area contributed by atoms with Gasteiger partial charge in [0.25, 0.3) is 5.91 Å². The van der Waals surface area contributed by atoms with E-state index in [0.29, 0.717) is 13.0 Å². The smallest absolute Gasteiger partial charge is 0.308 e. The summed E-state index contributed by atoms with van der Waals surface area (Å²) in [7, 11) is 0. The number of carbonyl (C=O) groups excluding carboxylic acids is 2. The Labute approximate surface area is 146 Å². The molecule has 0 saturated carbocycles. The Balaban J connectivity index is 2.11. The molecule has 7 heteroatoms. The number of aliphatic carboxylic acids is 1. The Morgan fingerprint density at radius 1 is 1.36 bits per heavy atom. The lowest BCUT2D eigenvalue weighted by Gasteiger charge is -2.23. The van der Waals surface area contributed by atoms with Gasteiger partial charge in [-0.1, -0.05) is 13.8 Å². The minimum Gasteiger partial charge on any atom is -0.481 e. The number of hydrogen-bond donors (Lipinski definition) is 2. The molecule has 2 atom stereocenters. The van der Waals surface area contributed by atoms with Crippen LogP contribution in [0.4, 0.5) is 10.1 Å². The zero-order valence-electron chi connectivity index (χ0n) is 14.6. The Morgan fingerprint density at radius 2 is 2.04 bits per heavy atom. The van der Waals surface area contributed by atoms with Gasteiger partial charge in [0.05, 0.1) is 11.6 Å². The third kappa shape index (κ3) is 4.35. The van der Waals surface area contributed by atoms with Crippen LogP contribution in [0.25, 0.3) is 0 Å². The molecule has 1 heterocycles. The van der Waals surface area contributed by atoms with Crippen molar-refractivity contribution in [3.8, 4) is 0 Å². The number of benzene rings is 1. The average molecular weight is 350 g/mol. The number of hydrogen-bond acceptors (Lipinski definition) is 3. The molecule has 1 aromatic rings. The first kappa shape index (κ1) is 18.9. The molecular formula is C18H23FN2O4. The maximum absolute atomic E-state index is 14.2. The first-order chi connectivity index (χ1) is 11.7. The summed E-state index contributed by atoms with van der Waals surface area (Å²) >= 11 is 0. The first-order valence-electron chi connectivity index (χ1n) is 8.34. The summed E-state index contributed by atoms with van der Waals surface area (Å²) in [5.41, 5.74) is 0.164. The molecule has 6 nitrogen and oxygen atoms in total. The first-order valence-corrected chi connectivity index (χ1v) is 8.34. The van der Waals surface area contributed by atoms with E-state index in [2.05, 4.69) is 5.32 Å². The molecule has 1 saturated heterocycles. The molecule has 0 aliphatic carbocycles. The van der Waals surface area contributed by atoms with E-state index in [-0.39, 0.29) is 29.5 Å². The third-order valence-corrected chi connectivity index (χ3v) is 4.42. The molecular weight excluding hydrogens is 327 g/mol. The van der Waals surface area contributed by atoms with E-state index >= 15 is 0 Å². The molecule has 2 unspecified atom stereocenters. The summed E-state index contributed by atoms with van der Waals surface area (Å²) in [6, 6.07) is 3.43. The molecule has 1 aliphatic heterocycles. The number of anilines is 1. The zero-order valence-corrected chi connectivity index (χ0v) is 14.6. The van der Waals surface area contributed by atoms with Gasteiger partial charge in [-0.05, 0) is 37.5 Å². The van der Waals surface area contributed by atoms with Gasteiger partial charge < -0.3 is 15.3 Å². The zero-order chi connectivity index (χ0) is 18.7.